The van der Waals surface area contributed by atoms with Crippen molar-refractivity contribution in [1.29, 1.82) is 0 Å². The molecule has 1 unspecified atom stereocenters. The van der Waals surface area contributed by atoms with E-state index in [0.29, 0.717) is 18.3 Å². The maximum absolute atomic E-state index is 10.9. The number of unbranched alkanes of at least 4 members (excludes halogenated alkanes) is 3. The van der Waals surface area contributed by atoms with Crippen molar-refractivity contribution >= 4 is 5.97 Å². The summed E-state index contributed by atoms with van der Waals surface area (Å²) in [4.78, 5) is 10.9. The van der Waals surface area contributed by atoms with E-state index in [4.69, 9.17) is 5.73 Å². The normalized spacial score (nSPS) is 29.0. The molecule has 0 heterocycles. The van der Waals surface area contributed by atoms with E-state index in [1.165, 1.54) is 7.11 Å². The van der Waals surface area contributed by atoms with Crippen molar-refractivity contribution in [1.82, 2.24) is 0 Å². The Kier molecular flexibility index (Phi) is 11.9. The number of hydrogen-bond donors (Lipinski definition) is 2. The van der Waals surface area contributed by atoms with Gasteiger partial charge in [0.15, 0.2) is 0 Å². The number of ether oxygens (including phenoxy) is 1. The SMILES string of the molecule is CC[C@@H]1C(CCCCCCC(=O)OC)[C@@H](O)C[C@H]1N.[Ac]. The number of aliphatic hydroxyl groups is 1. The molecule has 4 atom stereocenters. The van der Waals surface area contributed by atoms with E-state index < -0.39 is 0 Å². The number of methoxy groups -OCH3 is 1. The monoisotopic (exact) mass is 498 g/mol. The quantitative estimate of drug-likeness (QED) is 0.398. The molecule has 0 bridgehead atoms. The van der Waals surface area contributed by atoms with Gasteiger partial charge in [-0.05, 0) is 31.1 Å². The molecular weight excluding hydrogens is 469 g/mol. The molecule has 1 aliphatic rings. The van der Waals surface area contributed by atoms with Crippen LogP contribution >= 0.6 is 0 Å². The van der Waals surface area contributed by atoms with Crippen LogP contribution in [0.5, 0.6) is 0 Å². The van der Waals surface area contributed by atoms with Crippen LogP contribution in [0.2, 0.25) is 0 Å². The van der Waals surface area contributed by atoms with Crippen LogP contribution in [0.15, 0.2) is 0 Å². The summed E-state index contributed by atoms with van der Waals surface area (Å²) in [7, 11) is 1.43. The fourth-order valence-electron chi connectivity index (χ4n) is 3.35. The first kappa shape index (κ1) is 20.8. The Bertz CT molecular complexity index is 276. The molecule has 0 aromatic rings. The molecule has 0 amide bonds. The number of hydrogen-bond acceptors (Lipinski definition) is 4. The van der Waals surface area contributed by atoms with Crippen LogP contribution in [0.1, 0.15) is 58.3 Å². The van der Waals surface area contributed by atoms with Gasteiger partial charge in [0.25, 0.3) is 0 Å². The maximum atomic E-state index is 10.9. The van der Waals surface area contributed by atoms with Crippen LogP contribution in [0, 0.1) is 55.9 Å². The summed E-state index contributed by atoms with van der Waals surface area (Å²) >= 11 is 0. The molecule has 1 radical (unpaired) electrons. The molecular formula is C15H29AcNO3. The smallest absolute Gasteiger partial charge is 0.305 e. The number of carbonyl (C=O) groups excluding carboxylic acids is 1. The fraction of sp³-hybridized carbons (Fsp3) is 0.933. The minimum atomic E-state index is -0.213. The molecule has 0 spiro atoms. The molecule has 0 aromatic carbocycles. The summed E-state index contributed by atoms with van der Waals surface area (Å²) < 4.78 is 4.61. The third-order valence-electron chi connectivity index (χ3n) is 4.48. The van der Waals surface area contributed by atoms with E-state index in [1.54, 1.807) is 0 Å². The molecule has 5 heteroatoms. The van der Waals surface area contributed by atoms with Crippen molar-refractivity contribution in [3.8, 4) is 0 Å². The third kappa shape index (κ3) is 6.73. The van der Waals surface area contributed by atoms with Crippen LogP contribution < -0.4 is 5.73 Å². The summed E-state index contributed by atoms with van der Waals surface area (Å²) in [5.41, 5.74) is 6.06. The fourth-order valence-corrected chi connectivity index (χ4v) is 3.35. The second-order valence-corrected chi connectivity index (χ2v) is 5.73. The molecule has 1 saturated carbocycles. The van der Waals surface area contributed by atoms with Crippen LogP contribution in [0.3, 0.4) is 0 Å². The molecule has 0 saturated heterocycles. The van der Waals surface area contributed by atoms with Crippen molar-refractivity contribution in [3.63, 3.8) is 0 Å². The Morgan fingerprint density at radius 2 is 1.90 bits per heavy atom. The van der Waals surface area contributed by atoms with Crippen LogP contribution in [-0.2, 0) is 9.53 Å². The van der Waals surface area contributed by atoms with Crippen molar-refractivity contribution in [3.05, 3.63) is 0 Å². The topological polar surface area (TPSA) is 72.5 Å². The minimum absolute atomic E-state index is 0. The first-order valence-electron chi connectivity index (χ1n) is 7.60. The predicted octanol–water partition coefficient (Wildman–Crippen LogP) is 2.23. The van der Waals surface area contributed by atoms with Gasteiger partial charge in [0, 0.05) is 56.5 Å². The van der Waals surface area contributed by atoms with Crippen molar-refractivity contribution in [2.75, 3.05) is 7.11 Å². The number of carbonyl (C=O) groups is 1. The van der Waals surface area contributed by atoms with Gasteiger partial charge < -0.3 is 15.6 Å². The standard InChI is InChI=1S/C15H29NO3.Ac/c1-3-11-12(14(17)10-13(11)16)8-6-4-5-7-9-15(18)19-2;/h11-14,17H,3-10,16H2,1-2H3;/t11-,12?,13-,14+;/m1./s1. The Morgan fingerprint density at radius 3 is 2.50 bits per heavy atom. The van der Waals surface area contributed by atoms with E-state index in [0.717, 1.165) is 44.9 Å². The molecule has 115 valence electrons. The maximum Gasteiger partial charge on any atom is 0.305 e. The van der Waals surface area contributed by atoms with Crippen molar-refractivity contribution in [2.45, 2.75) is 70.4 Å². The molecule has 20 heavy (non-hydrogen) atoms. The Morgan fingerprint density at radius 1 is 1.25 bits per heavy atom. The summed E-state index contributed by atoms with van der Waals surface area (Å²) in [6.07, 6.45) is 7.37. The molecule has 0 aliphatic heterocycles. The molecule has 4 nitrogen and oxygen atoms in total. The summed E-state index contributed by atoms with van der Waals surface area (Å²) in [5, 5.41) is 10.0. The molecule has 1 fully saturated rings. The Balaban J connectivity index is 0.00000361. The summed E-state index contributed by atoms with van der Waals surface area (Å²) in [6.45, 7) is 2.16. The predicted molar refractivity (Wildman–Crippen MR) is 75.6 cm³/mol. The molecule has 3 N–H and O–H groups in total. The number of nitrogens with two attached hydrogens (primary N) is 1. The van der Waals surface area contributed by atoms with E-state index in [9.17, 15) is 9.90 Å². The Labute approximate surface area is 158 Å². The van der Waals surface area contributed by atoms with E-state index in [1.807, 2.05) is 0 Å². The second-order valence-electron chi connectivity index (χ2n) is 5.73. The number of rotatable bonds is 8. The first-order chi connectivity index (χ1) is 9.10. The van der Waals surface area contributed by atoms with Gasteiger partial charge in [0.05, 0.1) is 13.2 Å². The van der Waals surface area contributed by atoms with Gasteiger partial charge in [-0.2, -0.15) is 0 Å². The first-order valence-corrected chi connectivity index (χ1v) is 7.60. The number of aliphatic hydroxyl groups excluding tert-OH is 1. The van der Waals surface area contributed by atoms with Crippen LogP contribution in [-0.4, -0.2) is 30.3 Å². The zero-order valence-electron chi connectivity index (χ0n) is 12.9. The van der Waals surface area contributed by atoms with E-state index >= 15 is 0 Å². The van der Waals surface area contributed by atoms with Gasteiger partial charge >= 0.3 is 5.97 Å². The van der Waals surface area contributed by atoms with E-state index in [-0.39, 0.29) is 62.2 Å². The third-order valence-corrected chi connectivity index (χ3v) is 4.48. The average Bonchev–Trinajstić information content (AvgIpc) is 2.67. The van der Waals surface area contributed by atoms with Gasteiger partial charge in [-0.1, -0.05) is 32.6 Å². The zero-order chi connectivity index (χ0) is 14.3. The van der Waals surface area contributed by atoms with Crippen LogP contribution in [0.4, 0.5) is 0 Å². The van der Waals surface area contributed by atoms with E-state index in [2.05, 4.69) is 11.7 Å². The van der Waals surface area contributed by atoms with Gasteiger partial charge in [-0.3, -0.25) is 4.79 Å². The summed E-state index contributed by atoms with van der Waals surface area (Å²) in [5.74, 6) is 0.730. The Hall–Kier alpha value is 0.832. The zero-order valence-corrected chi connectivity index (χ0v) is 17.6. The van der Waals surface area contributed by atoms with Gasteiger partial charge in [-0.15, -0.1) is 0 Å². The van der Waals surface area contributed by atoms with Crippen molar-refractivity contribution in [2.24, 2.45) is 17.6 Å². The van der Waals surface area contributed by atoms with Gasteiger partial charge in [0.2, 0.25) is 0 Å². The largest absolute Gasteiger partial charge is 0.469 e. The van der Waals surface area contributed by atoms with Gasteiger partial charge in [-0.25, -0.2) is 0 Å². The molecule has 1 rings (SSSR count). The minimum Gasteiger partial charge on any atom is -0.469 e. The van der Waals surface area contributed by atoms with Crippen LogP contribution in [0.25, 0.3) is 0 Å². The van der Waals surface area contributed by atoms with Crippen molar-refractivity contribution < 1.29 is 58.7 Å². The molecule has 1 aliphatic carbocycles. The van der Waals surface area contributed by atoms with Gasteiger partial charge in [0.1, 0.15) is 0 Å². The average molecular weight is 498 g/mol. The summed E-state index contributed by atoms with van der Waals surface area (Å²) in [6, 6.07) is 0.171. The second kappa shape index (κ2) is 11.4. The number of esters is 1. The molecule has 0 aromatic heterocycles.